The molecule has 0 radical (unpaired) electrons. The number of methoxy groups -OCH3 is 1. The first kappa shape index (κ1) is 22.5. The molecule has 0 aromatic heterocycles. The standard InChI is InChI=1S/C21H31N3O5/c1-21(2,3)29-20(27)22(4)15-18(25)23-11-8-12-24(14-13-23)19(26)16-9-6-7-10-17(16)28-5/h6-7,9-10H,8,11-15H2,1-5H3. The number of para-hydroxylation sites is 1. The van der Waals surface area contributed by atoms with Crippen LogP contribution in [0.15, 0.2) is 24.3 Å². The molecule has 1 aromatic rings. The molecule has 8 nitrogen and oxygen atoms in total. The second-order valence-electron chi connectivity index (χ2n) is 8.06. The monoisotopic (exact) mass is 405 g/mol. The van der Waals surface area contributed by atoms with E-state index in [1.165, 1.54) is 12.0 Å². The van der Waals surface area contributed by atoms with Crippen molar-refractivity contribution in [3.63, 3.8) is 0 Å². The number of nitrogens with zero attached hydrogens (tertiary/aromatic N) is 3. The van der Waals surface area contributed by atoms with E-state index in [0.29, 0.717) is 43.9 Å². The highest BCUT2D eigenvalue weighted by molar-refractivity contribution is 5.97. The molecule has 0 N–H and O–H groups in total. The van der Waals surface area contributed by atoms with E-state index >= 15 is 0 Å². The summed E-state index contributed by atoms with van der Waals surface area (Å²) in [5.41, 5.74) is -0.101. The molecular formula is C21H31N3O5. The van der Waals surface area contributed by atoms with Crippen molar-refractivity contribution in [1.82, 2.24) is 14.7 Å². The Hall–Kier alpha value is -2.77. The molecule has 1 saturated heterocycles. The molecule has 0 spiro atoms. The molecule has 1 aliphatic rings. The van der Waals surface area contributed by atoms with Crippen LogP contribution in [0.25, 0.3) is 0 Å². The van der Waals surface area contributed by atoms with E-state index in [0.717, 1.165) is 0 Å². The molecule has 0 bridgehead atoms. The maximum Gasteiger partial charge on any atom is 0.410 e. The molecule has 1 aliphatic heterocycles. The van der Waals surface area contributed by atoms with Gasteiger partial charge in [0.2, 0.25) is 5.91 Å². The minimum absolute atomic E-state index is 0.0602. The summed E-state index contributed by atoms with van der Waals surface area (Å²) < 4.78 is 10.6. The molecule has 0 atom stereocenters. The molecule has 0 saturated carbocycles. The van der Waals surface area contributed by atoms with Crippen LogP contribution in [-0.2, 0) is 9.53 Å². The number of rotatable bonds is 4. The van der Waals surface area contributed by atoms with Crippen molar-refractivity contribution < 1.29 is 23.9 Å². The highest BCUT2D eigenvalue weighted by atomic mass is 16.6. The Balaban J connectivity index is 1.94. The fourth-order valence-corrected chi connectivity index (χ4v) is 3.07. The van der Waals surface area contributed by atoms with Gasteiger partial charge in [-0.2, -0.15) is 0 Å². The van der Waals surface area contributed by atoms with Gasteiger partial charge in [-0.25, -0.2) is 4.79 Å². The molecule has 29 heavy (non-hydrogen) atoms. The van der Waals surface area contributed by atoms with Crippen LogP contribution in [-0.4, -0.2) is 85.1 Å². The number of hydrogen-bond acceptors (Lipinski definition) is 5. The first-order chi connectivity index (χ1) is 13.6. The lowest BCUT2D eigenvalue weighted by molar-refractivity contribution is -0.132. The van der Waals surface area contributed by atoms with E-state index in [-0.39, 0.29) is 18.4 Å². The van der Waals surface area contributed by atoms with Crippen LogP contribution in [0.4, 0.5) is 4.79 Å². The Morgan fingerprint density at radius 2 is 1.66 bits per heavy atom. The van der Waals surface area contributed by atoms with Gasteiger partial charge in [-0.1, -0.05) is 12.1 Å². The minimum atomic E-state index is -0.615. The van der Waals surface area contributed by atoms with Crippen molar-refractivity contribution in [3.05, 3.63) is 29.8 Å². The number of likely N-dealkylation sites (N-methyl/N-ethyl adjacent to an activating group) is 1. The summed E-state index contributed by atoms with van der Waals surface area (Å²) in [6.45, 7) is 7.23. The maximum absolute atomic E-state index is 12.9. The minimum Gasteiger partial charge on any atom is -0.496 e. The molecule has 0 unspecified atom stereocenters. The van der Waals surface area contributed by atoms with Gasteiger partial charge in [0, 0.05) is 33.2 Å². The fraction of sp³-hybridized carbons (Fsp3) is 0.571. The third-order valence-corrected chi connectivity index (χ3v) is 4.55. The molecule has 0 aliphatic carbocycles. The number of benzene rings is 1. The summed E-state index contributed by atoms with van der Waals surface area (Å²) >= 11 is 0. The molecule has 3 amide bonds. The topological polar surface area (TPSA) is 79.4 Å². The lowest BCUT2D eigenvalue weighted by Crippen LogP contribution is -2.44. The SMILES string of the molecule is COc1ccccc1C(=O)N1CCCN(C(=O)CN(C)C(=O)OC(C)(C)C)CC1. The average molecular weight is 405 g/mol. The summed E-state index contributed by atoms with van der Waals surface area (Å²) in [6.07, 6.45) is 0.136. The van der Waals surface area contributed by atoms with Gasteiger partial charge in [0.15, 0.2) is 0 Å². The normalized spacial score (nSPS) is 14.8. The van der Waals surface area contributed by atoms with Crippen LogP contribution in [0.1, 0.15) is 37.6 Å². The zero-order valence-electron chi connectivity index (χ0n) is 17.9. The highest BCUT2D eigenvalue weighted by Crippen LogP contribution is 2.20. The van der Waals surface area contributed by atoms with Gasteiger partial charge in [0.1, 0.15) is 17.9 Å². The Morgan fingerprint density at radius 1 is 1.03 bits per heavy atom. The van der Waals surface area contributed by atoms with Crippen molar-refractivity contribution in [1.29, 1.82) is 0 Å². The molecular weight excluding hydrogens is 374 g/mol. The van der Waals surface area contributed by atoms with Gasteiger partial charge in [-0.05, 0) is 39.3 Å². The van der Waals surface area contributed by atoms with Crippen LogP contribution in [0, 0.1) is 0 Å². The maximum atomic E-state index is 12.9. The van der Waals surface area contributed by atoms with Crippen molar-refractivity contribution in [3.8, 4) is 5.75 Å². The molecule has 1 heterocycles. The van der Waals surface area contributed by atoms with Crippen molar-refractivity contribution in [2.24, 2.45) is 0 Å². The largest absolute Gasteiger partial charge is 0.496 e. The van der Waals surface area contributed by atoms with E-state index in [1.807, 2.05) is 6.07 Å². The average Bonchev–Trinajstić information content (AvgIpc) is 2.92. The molecule has 1 fully saturated rings. The number of ether oxygens (including phenoxy) is 2. The second-order valence-corrected chi connectivity index (χ2v) is 8.06. The van der Waals surface area contributed by atoms with Crippen LogP contribution in [0.2, 0.25) is 0 Å². The summed E-state index contributed by atoms with van der Waals surface area (Å²) in [5.74, 6) is 0.265. The van der Waals surface area contributed by atoms with Crippen molar-refractivity contribution >= 4 is 17.9 Å². The summed E-state index contributed by atoms with van der Waals surface area (Å²) in [5, 5.41) is 0. The predicted molar refractivity (Wildman–Crippen MR) is 109 cm³/mol. The molecule has 2 rings (SSSR count). The summed E-state index contributed by atoms with van der Waals surface area (Å²) in [7, 11) is 3.08. The van der Waals surface area contributed by atoms with Gasteiger partial charge in [-0.3, -0.25) is 9.59 Å². The zero-order chi connectivity index (χ0) is 21.6. The lowest BCUT2D eigenvalue weighted by atomic mass is 10.1. The van der Waals surface area contributed by atoms with Gasteiger partial charge in [0.05, 0.1) is 12.7 Å². The predicted octanol–water partition coefficient (Wildman–Crippen LogP) is 2.24. The number of carbonyl (C=O) groups is 3. The third-order valence-electron chi connectivity index (χ3n) is 4.55. The molecule has 1 aromatic carbocycles. The van der Waals surface area contributed by atoms with Gasteiger partial charge in [0.25, 0.3) is 5.91 Å². The van der Waals surface area contributed by atoms with Crippen LogP contribution in [0.3, 0.4) is 0 Å². The second kappa shape index (κ2) is 9.62. The zero-order valence-corrected chi connectivity index (χ0v) is 17.9. The van der Waals surface area contributed by atoms with Crippen LogP contribution < -0.4 is 4.74 Å². The highest BCUT2D eigenvalue weighted by Gasteiger charge is 2.27. The summed E-state index contributed by atoms with van der Waals surface area (Å²) in [4.78, 5) is 42.3. The molecule has 8 heteroatoms. The quantitative estimate of drug-likeness (QED) is 0.768. The number of amides is 3. The molecule has 160 valence electrons. The Bertz CT molecular complexity index is 744. The van der Waals surface area contributed by atoms with E-state index in [2.05, 4.69) is 0 Å². The van der Waals surface area contributed by atoms with Gasteiger partial charge < -0.3 is 24.2 Å². The fourth-order valence-electron chi connectivity index (χ4n) is 3.07. The van der Waals surface area contributed by atoms with Gasteiger partial charge in [-0.15, -0.1) is 0 Å². The first-order valence-electron chi connectivity index (χ1n) is 9.76. The first-order valence-corrected chi connectivity index (χ1v) is 9.76. The summed E-state index contributed by atoms with van der Waals surface area (Å²) in [6, 6.07) is 7.12. The van der Waals surface area contributed by atoms with Gasteiger partial charge >= 0.3 is 6.09 Å². The van der Waals surface area contributed by atoms with Crippen molar-refractivity contribution in [2.75, 3.05) is 46.9 Å². The Morgan fingerprint density at radius 3 is 2.31 bits per heavy atom. The third kappa shape index (κ3) is 6.37. The van der Waals surface area contributed by atoms with Crippen LogP contribution >= 0.6 is 0 Å². The van der Waals surface area contributed by atoms with Crippen LogP contribution in [0.5, 0.6) is 5.75 Å². The van der Waals surface area contributed by atoms with E-state index < -0.39 is 11.7 Å². The smallest absolute Gasteiger partial charge is 0.410 e. The van der Waals surface area contributed by atoms with E-state index in [9.17, 15) is 14.4 Å². The number of carbonyl (C=O) groups excluding carboxylic acids is 3. The Labute approximate surface area is 172 Å². The number of hydrogen-bond donors (Lipinski definition) is 0. The van der Waals surface area contributed by atoms with E-state index in [1.54, 1.807) is 55.8 Å². The van der Waals surface area contributed by atoms with E-state index in [4.69, 9.17) is 9.47 Å². The Kier molecular flexibility index (Phi) is 7.47. The lowest BCUT2D eigenvalue weighted by Gasteiger charge is -2.27. The van der Waals surface area contributed by atoms with Crippen molar-refractivity contribution in [2.45, 2.75) is 32.8 Å².